The first-order valence-electron chi connectivity index (χ1n) is 5.84. The highest BCUT2D eigenvalue weighted by Crippen LogP contribution is 2.15. The number of rotatable bonds is 4. The number of furan rings is 1. The summed E-state index contributed by atoms with van der Waals surface area (Å²) in [6, 6.07) is 9.06. The van der Waals surface area contributed by atoms with Gasteiger partial charge in [-0.05, 0) is 36.8 Å². The first-order chi connectivity index (χ1) is 8.68. The van der Waals surface area contributed by atoms with Gasteiger partial charge in [-0.2, -0.15) is 0 Å². The lowest BCUT2D eigenvalue weighted by Crippen LogP contribution is -2.26. The summed E-state index contributed by atoms with van der Waals surface area (Å²) >= 11 is 0. The van der Waals surface area contributed by atoms with Crippen LogP contribution in [-0.2, 0) is 6.42 Å². The van der Waals surface area contributed by atoms with Crippen LogP contribution in [0.3, 0.4) is 0 Å². The molecule has 2 rings (SSSR count). The zero-order valence-corrected chi connectivity index (χ0v) is 10.3. The van der Waals surface area contributed by atoms with Crippen molar-refractivity contribution in [2.75, 3.05) is 12.3 Å². The maximum atomic E-state index is 11.9. The highest BCUT2D eigenvalue weighted by Gasteiger charge is 2.09. The molecule has 0 bridgehead atoms. The molecule has 3 N–H and O–H groups in total. The molecule has 0 saturated carbocycles. The lowest BCUT2D eigenvalue weighted by molar-refractivity contribution is 0.0953. The van der Waals surface area contributed by atoms with E-state index in [1.807, 2.05) is 19.1 Å². The third-order valence-corrected chi connectivity index (χ3v) is 2.86. The second-order valence-corrected chi connectivity index (χ2v) is 4.11. The Balaban J connectivity index is 1.93. The van der Waals surface area contributed by atoms with Gasteiger partial charge in [0.15, 0.2) is 0 Å². The Bertz CT molecular complexity index is 533. The van der Waals surface area contributed by atoms with Crippen LogP contribution in [-0.4, -0.2) is 12.5 Å². The highest BCUT2D eigenvalue weighted by molar-refractivity contribution is 5.96. The molecule has 0 saturated heterocycles. The zero-order valence-electron chi connectivity index (χ0n) is 10.3. The minimum absolute atomic E-state index is 0.105. The maximum absolute atomic E-state index is 11.9. The number of amides is 1. The van der Waals surface area contributed by atoms with Crippen molar-refractivity contribution in [2.45, 2.75) is 13.3 Å². The van der Waals surface area contributed by atoms with Crippen molar-refractivity contribution in [1.82, 2.24) is 5.32 Å². The van der Waals surface area contributed by atoms with Gasteiger partial charge >= 0.3 is 0 Å². The molecule has 4 nitrogen and oxygen atoms in total. The summed E-state index contributed by atoms with van der Waals surface area (Å²) < 4.78 is 5.19. The molecule has 0 aliphatic rings. The van der Waals surface area contributed by atoms with Crippen LogP contribution >= 0.6 is 0 Å². The zero-order chi connectivity index (χ0) is 13.0. The first kappa shape index (κ1) is 12.2. The summed E-state index contributed by atoms with van der Waals surface area (Å²) in [6.45, 7) is 2.39. The summed E-state index contributed by atoms with van der Waals surface area (Å²) in [6.07, 6.45) is 2.30. The van der Waals surface area contributed by atoms with Crippen molar-refractivity contribution < 1.29 is 9.21 Å². The number of nitrogens with two attached hydrogens (primary N) is 1. The Hall–Kier alpha value is -2.23. The van der Waals surface area contributed by atoms with E-state index >= 15 is 0 Å². The number of nitrogen functional groups attached to an aromatic ring is 1. The molecule has 0 aliphatic carbocycles. The number of anilines is 1. The van der Waals surface area contributed by atoms with Crippen molar-refractivity contribution in [3.63, 3.8) is 0 Å². The van der Waals surface area contributed by atoms with Crippen molar-refractivity contribution in [2.24, 2.45) is 0 Å². The highest BCUT2D eigenvalue weighted by atomic mass is 16.3. The summed E-state index contributed by atoms with van der Waals surface area (Å²) in [5.41, 5.74) is 7.84. The van der Waals surface area contributed by atoms with Crippen LogP contribution in [0.2, 0.25) is 0 Å². The number of carbonyl (C=O) groups excluding carboxylic acids is 1. The van der Waals surface area contributed by atoms with Crippen LogP contribution in [0.25, 0.3) is 0 Å². The van der Waals surface area contributed by atoms with Gasteiger partial charge in [-0.25, -0.2) is 0 Å². The van der Waals surface area contributed by atoms with Crippen LogP contribution in [0.15, 0.2) is 41.0 Å². The molecule has 1 aromatic heterocycles. The van der Waals surface area contributed by atoms with Gasteiger partial charge in [-0.15, -0.1) is 0 Å². The Morgan fingerprint density at radius 1 is 1.33 bits per heavy atom. The van der Waals surface area contributed by atoms with Gasteiger partial charge in [0, 0.05) is 24.2 Å². The number of hydrogen-bond acceptors (Lipinski definition) is 3. The number of benzene rings is 1. The monoisotopic (exact) mass is 244 g/mol. The predicted molar refractivity (Wildman–Crippen MR) is 70.3 cm³/mol. The van der Waals surface area contributed by atoms with E-state index < -0.39 is 0 Å². The van der Waals surface area contributed by atoms with Crippen LogP contribution in [0, 0.1) is 6.92 Å². The van der Waals surface area contributed by atoms with Crippen molar-refractivity contribution in [1.29, 1.82) is 0 Å². The van der Waals surface area contributed by atoms with E-state index in [1.165, 1.54) is 0 Å². The Morgan fingerprint density at radius 3 is 2.89 bits per heavy atom. The largest absolute Gasteiger partial charge is 0.469 e. The number of hydrogen-bond donors (Lipinski definition) is 2. The normalized spacial score (nSPS) is 10.3. The van der Waals surface area contributed by atoms with Gasteiger partial charge in [0.05, 0.1) is 6.26 Å². The molecule has 0 spiro atoms. The molecule has 0 aliphatic heterocycles. The minimum Gasteiger partial charge on any atom is -0.469 e. The summed E-state index contributed by atoms with van der Waals surface area (Å²) in [7, 11) is 0. The molecule has 0 unspecified atom stereocenters. The van der Waals surface area contributed by atoms with Crippen LogP contribution in [0.4, 0.5) is 5.69 Å². The molecule has 94 valence electrons. The fourth-order valence-corrected chi connectivity index (χ4v) is 1.75. The molecular weight excluding hydrogens is 228 g/mol. The van der Waals surface area contributed by atoms with Gasteiger partial charge in [0.25, 0.3) is 5.91 Å². The molecule has 0 fully saturated rings. The SMILES string of the molecule is Cc1c(N)cccc1C(=O)NCCc1ccco1. The van der Waals surface area contributed by atoms with Gasteiger partial charge in [-0.1, -0.05) is 6.07 Å². The molecule has 1 aromatic carbocycles. The van der Waals surface area contributed by atoms with Gasteiger partial charge in [0.2, 0.25) is 0 Å². The third kappa shape index (κ3) is 2.71. The first-order valence-corrected chi connectivity index (χ1v) is 5.84. The molecule has 4 heteroatoms. The average Bonchev–Trinajstić information content (AvgIpc) is 2.85. The minimum atomic E-state index is -0.105. The van der Waals surface area contributed by atoms with E-state index in [-0.39, 0.29) is 5.91 Å². The molecular formula is C14H16N2O2. The second-order valence-electron chi connectivity index (χ2n) is 4.11. The second kappa shape index (κ2) is 5.40. The molecule has 0 radical (unpaired) electrons. The topological polar surface area (TPSA) is 68.3 Å². The summed E-state index contributed by atoms with van der Waals surface area (Å²) in [4.78, 5) is 11.9. The average molecular weight is 244 g/mol. The van der Waals surface area contributed by atoms with Gasteiger partial charge < -0.3 is 15.5 Å². The van der Waals surface area contributed by atoms with Crippen molar-refractivity contribution >= 4 is 11.6 Å². The maximum Gasteiger partial charge on any atom is 0.251 e. The smallest absolute Gasteiger partial charge is 0.251 e. The van der Waals surface area contributed by atoms with E-state index in [0.717, 1.165) is 11.3 Å². The van der Waals surface area contributed by atoms with Crippen LogP contribution in [0.1, 0.15) is 21.7 Å². The van der Waals surface area contributed by atoms with Gasteiger partial charge in [0.1, 0.15) is 5.76 Å². The summed E-state index contributed by atoms with van der Waals surface area (Å²) in [5.74, 6) is 0.756. The molecule has 0 atom stereocenters. The lowest BCUT2D eigenvalue weighted by Gasteiger charge is -2.08. The van der Waals surface area contributed by atoms with Crippen LogP contribution < -0.4 is 11.1 Å². The molecule has 1 amide bonds. The molecule has 2 aromatic rings. The van der Waals surface area contributed by atoms with E-state index in [1.54, 1.807) is 24.5 Å². The van der Waals surface area contributed by atoms with Crippen LogP contribution in [0.5, 0.6) is 0 Å². The van der Waals surface area contributed by atoms with E-state index in [4.69, 9.17) is 10.2 Å². The lowest BCUT2D eigenvalue weighted by atomic mass is 10.1. The van der Waals surface area contributed by atoms with E-state index in [9.17, 15) is 4.79 Å². The Kier molecular flexibility index (Phi) is 3.67. The number of nitrogens with one attached hydrogen (secondary N) is 1. The van der Waals surface area contributed by atoms with Crippen molar-refractivity contribution in [3.05, 3.63) is 53.5 Å². The predicted octanol–water partition coefficient (Wildman–Crippen LogP) is 2.14. The molecule has 1 heterocycles. The fraction of sp³-hybridized carbons (Fsp3) is 0.214. The standard InChI is InChI=1S/C14H16N2O2/c1-10-12(5-2-6-13(10)15)14(17)16-8-7-11-4-3-9-18-11/h2-6,9H,7-8,15H2,1H3,(H,16,17). The fourth-order valence-electron chi connectivity index (χ4n) is 1.75. The van der Waals surface area contributed by atoms with Crippen molar-refractivity contribution in [3.8, 4) is 0 Å². The van der Waals surface area contributed by atoms with Gasteiger partial charge in [-0.3, -0.25) is 4.79 Å². The summed E-state index contributed by atoms with van der Waals surface area (Å²) in [5, 5.41) is 2.85. The molecule has 18 heavy (non-hydrogen) atoms. The Labute approximate surface area is 106 Å². The van der Waals surface area contributed by atoms with E-state index in [2.05, 4.69) is 5.32 Å². The number of carbonyl (C=O) groups is 1. The quantitative estimate of drug-likeness (QED) is 0.810. The Morgan fingerprint density at radius 2 is 2.17 bits per heavy atom. The van der Waals surface area contributed by atoms with E-state index in [0.29, 0.717) is 24.2 Å². The third-order valence-electron chi connectivity index (χ3n) is 2.86.